The lowest BCUT2D eigenvalue weighted by molar-refractivity contribution is 0.462. The molecule has 0 aliphatic carbocycles. The zero-order chi connectivity index (χ0) is 11.4. The molecule has 0 fully saturated rings. The summed E-state index contributed by atoms with van der Waals surface area (Å²) in [6, 6.07) is 2.11. The van der Waals surface area contributed by atoms with Crippen LogP contribution in [0.1, 0.15) is 24.0 Å². The maximum Gasteiger partial charge on any atom is 0.118 e. The van der Waals surface area contributed by atoms with Crippen molar-refractivity contribution in [1.29, 1.82) is 0 Å². The van der Waals surface area contributed by atoms with Crippen LogP contribution in [0.2, 0.25) is 0 Å². The summed E-state index contributed by atoms with van der Waals surface area (Å²) >= 11 is 0. The van der Waals surface area contributed by atoms with Gasteiger partial charge in [0.1, 0.15) is 11.5 Å². The van der Waals surface area contributed by atoms with Crippen molar-refractivity contribution < 1.29 is 4.42 Å². The molecule has 2 aromatic rings. The molecule has 0 aromatic carbocycles. The maximum atomic E-state index is 5.67. The zero-order valence-corrected chi connectivity index (χ0v) is 9.73. The molecule has 2 rings (SSSR count). The number of furan rings is 1. The third kappa shape index (κ3) is 2.52. The first-order valence-corrected chi connectivity index (χ1v) is 5.54. The third-order valence-electron chi connectivity index (χ3n) is 2.53. The van der Waals surface area contributed by atoms with Crippen molar-refractivity contribution in [1.82, 2.24) is 14.9 Å². The summed E-state index contributed by atoms with van der Waals surface area (Å²) in [6.07, 6.45) is 5.56. The zero-order valence-electron chi connectivity index (χ0n) is 9.73. The smallest absolute Gasteiger partial charge is 0.118 e. The summed E-state index contributed by atoms with van der Waals surface area (Å²) in [4.78, 5) is 4.02. The van der Waals surface area contributed by atoms with Gasteiger partial charge in [0.2, 0.25) is 0 Å². The minimum absolute atomic E-state index is 0.793. The van der Waals surface area contributed by atoms with Crippen LogP contribution in [0, 0.1) is 6.92 Å². The maximum absolute atomic E-state index is 5.67. The quantitative estimate of drug-likeness (QED) is 0.835. The Morgan fingerprint density at radius 3 is 3.06 bits per heavy atom. The SMILES string of the molecule is CCNCc1cc(Cn2ccnc2)c(C)o1. The van der Waals surface area contributed by atoms with Crippen LogP contribution in [-0.4, -0.2) is 16.1 Å². The molecule has 2 aromatic heterocycles. The van der Waals surface area contributed by atoms with Crippen LogP contribution < -0.4 is 5.32 Å². The highest BCUT2D eigenvalue weighted by molar-refractivity contribution is 5.21. The molecule has 0 aliphatic rings. The van der Waals surface area contributed by atoms with Gasteiger partial charge in [-0.05, 0) is 19.5 Å². The van der Waals surface area contributed by atoms with E-state index in [0.717, 1.165) is 31.2 Å². The molecule has 4 heteroatoms. The highest BCUT2D eigenvalue weighted by Crippen LogP contribution is 2.15. The molecule has 1 N–H and O–H groups in total. The molecular formula is C12H17N3O. The first-order valence-electron chi connectivity index (χ1n) is 5.54. The van der Waals surface area contributed by atoms with Gasteiger partial charge in [0.25, 0.3) is 0 Å². The number of hydrogen-bond acceptors (Lipinski definition) is 3. The van der Waals surface area contributed by atoms with Gasteiger partial charge in [-0.25, -0.2) is 4.98 Å². The lowest BCUT2D eigenvalue weighted by atomic mass is 10.2. The predicted molar refractivity (Wildman–Crippen MR) is 62.2 cm³/mol. The van der Waals surface area contributed by atoms with Crippen molar-refractivity contribution in [3.8, 4) is 0 Å². The molecule has 16 heavy (non-hydrogen) atoms. The molecular weight excluding hydrogens is 202 g/mol. The van der Waals surface area contributed by atoms with E-state index >= 15 is 0 Å². The predicted octanol–water partition coefficient (Wildman–Crippen LogP) is 1.94. The first kappa shape index (κ1) is 11.0. The highest BCUT2D eigenvalue weighted by Gasteiger charge is 2.07. The van der Waals surface area contributed by atoms with E-state index in [1.54, 1.807) is 6.20 Å². The number of nitrogens with zero attached hydrogens (tertiary/aromatic N) is 2. The van der Waals surface area contributed by atoms with Gasteiger partial charge in [0.15, 0.2) is 0 Å². The Hall–Kier alpha value is -1.55. The number of aromatic nitrogens is 2. The van der Waals surface area contributed by atoms with E-state index in [1.165, 1.54) is 5.56 Å². The number of hydrogen-bond donors (Lipinski definition) is 1. The molecule has 2 heterocycles. The monoisotopic (exact) mass is 219 g/mol. The van der Waals surface area contributed by atoms with E-state index in [1.807, 2.05) is 24.0 Å². The van der Waals surface area contributed by atoms with Crippen LogP contribution in [-0.2, 0) is 13.1 Å². The number of nitrogens with one attached hydrogen (secondary N) is 1. The van der Waals surface area contributed by atoms with E-state index in [4.69, 9.17) is 4.42 Å². The van der Waals surface area contributed by atoms with Crippen molar-refractivity contribution in [2.24, 2.45) is 0 Å². The van der Waals surface area contributed by atoms with Crippen molar-refractivity contribution >= 4 is 0 Å². The summed E-state index contributed by atoms with van der Waals surface area (Å²) in [5.74, 6) is 1.98. The van der Waals surface area contributed by atoms with Gasteiger partial charge in [0.05, 0.1) is 19.4 Å². The molecule has 4 nitrogen and oxygen atoms in total. The minimum atomic E-state index is 0.793. The van der Waals surface area contributed by atoms with Gasteiger partial charge in [-0.3, -0.25) is 0 Å². The second-order valence-electron chi connectivity index (χ2n) is 3.81. The molecule has 0 bridgehead atoms. The summed E-state index contributed by atoms with van der Waals surface area (Å²) in [5, 5.41) is 3.25. The molecule has 86 valence electrons. The van der Waals surface area contributed by atoms with Gasteiger partial charge in [-0.2, -0.15) is 0 Å². The Balaban J connectivity index is 2.06. The van der Waals surface area contributed by atoms with Crippen LogP contribution in [0.3, 0.4) is 0 Å². The Labute approximate surface area is 95.3 Å². The Kier molecular flexibility index (Phi) is 3.41. The minimum Gasteiger partial charge on any atom is -0.465 e. The fraction of sp³-hybridized carbons (Fsp3) is 0.417. The Bertz CT molecular complexity index is 431. The van der Waals surface area contributed by atoms with Gasteiger partial charge in [-0.15, -0.1) is 0 Å². The summed E-state index contributed by atoms with van der Waals surface area (Å²) in [7, 11) is 0. The summed E-state index contributed by atoms with van der Waals surface area (Å²) in [5.41, 5.74) is 1.21. The van der Waals surface area contributed by atoms with E-state index in [-0.39, 0.29) is 0 Å². The van der Waals surface area contributed by atoms with Crippen LogP contribution in [0.15, 0.2) is 29.2 Å². The molecule has 0 spiro atoms. The number of aryl methyl sites for hydroxylation is 1. The molecule has 0 saturated carbocycles. The molecule has 0 unspecified atom stereocenters. The molecule has 0 aliphatic heterocycles. The summed E-state index contributed by atoms with van der Waals surface area (Å²) < 4.78 is 7.71. The van der Waals surface area contributed by atoms with Gasteiger partial charge < -0.3 is 14.3 Å². The van der Waals surface area contributed by atoms with E-state index in [2.05, 4.69) is 23.3 Å². The third-order valence-corrected chi connectivity index (χ3v) is 2.53. The van der Waals surface area contributed by atoms with Crippen LogP contribution in [0.4, 0.5) is 0 Å². The molecule has 0 radical (unpaired) electrons. The van der Waals surface area contributed by atoms with Crippen molar-refractivity contribution in [2.75, 3.05) is 6.54 Å². The van der Waals surface area contributed by atoms with Crippen molar-refractivity contribution in [2.45, 2.75) is 26.9 Å². The Morgan fingerprint density at radius 1 is 1.50 bits per heavy atom. The number of imidazole rings is 1. The first-order chi connectivity index (χ1) is 7.79. The molecule has 0 amide bonds. The van der Waals surface area contributed by atoms with E-state index in [0.29, 0.717) is 0 Å². The topological polar surface area (TPSA) is 43.0 Å². The normalized spacial score (nSPS) is 10.9. The molecule has 0 saturated heterocycles. The van der Waals surface area contributed by atoms with Crippen LogP contribution in [0.5, 0.6) is 0 Å². The lowest BCUT2D eigenvalue weighted by Gasteiger charge is -1.98. The van der Waals surface area contributed by atoms with Crippen molar-refractivity contribution in [3.63, 3.8) is 0 Å². The lowest BCUT2D eigenvalue weighted by Crippen LogP contribution is -2.10. The van der Waals surface area contributed by atoms with Crippen LogP contribution in [0.25, 0.3) is 0 Å². The van der Waals surface area contributed by atoms with Gasteiger partial charge in [-0.1, -0.05) is 6.92 Å². The average Bonchev–Trinajstić information content (AvgIpc) is 2.87. The average molecular weight is 219 g/mol. The standard InChI is InChI=1S/C12H17N3O/c1-3-13-7-12-6-11(10(2)16-12)8-15-5-4-14-9-15/h4-6,9,13H,3,7-8H2,1-2H3. The fourth-order valence-corrected chi connectivity index (χ4v) is 1.66. The van der Waals surface area contributed by atoms with Gasteiger partial charge >= 0.3 is 0 Å². The summed E-state index contributed by atoms with van der Waals surface area (Å²) in [6.45, 7) is 6.66. The Morgan fingerprint density at radius 2 is 2.38 bits per heavy atom. The van der Waals surface area contributed by atoms with Crippen molar-refractivity contribution in [3.05, 3.63) is 41.9 Å². The van der Waals surface area contributed by atoms with Gasteiger partial charge in [0, 0.05) is 18.0 Å². The fourth-order valence-electron chi connectivity index (χ4n) is 1.66. The highest BCUT2D eigenvalue weighted by atomic mass is 16.3. The number of rotatable bonds is 5. The second-order valence-corrected chi connectivity index (χ2v) is 3.81. The molecule has 0 atom stereocenters. The largest absolute Gasteiger partial charge is 0.465 e. The van der Waals surface area contributed by atoms with E-state index < -0.39 is 0 Å². The van der Waals surface area contributed by atoms with Crippen LogP contribution >= 0.6 is 0 Å². The second kappa shape index (κ2) is 4.99. The van der Waals surface area contributed by atoms with E-state index in [9.17, 15) is 0 Å².